The minimum atomic E-state index is -0.926. The molecule has 2 N–H and O–H groups in total. The third-order valence-corrected chi connectivity index (χ3v) is 15.1. The number of unbranched alkanes of at least 4 members (excludes halogenated alkanes) is 30. The van der Waals surface area contributed by atoms with E-state index in [1.54, 1.807) is 0 Å². The molecule has 0 aliphatic heterocycles. The van der Waals surface area contributed by atoms with E-state index in [4.69, 9.17) is 18.9 Å². The minimum Gasteiger partial charge on any atom is -0.491 e. The number of hydrogen-bond donors (Lipinski definition) is 2. The lowest BCUT2D eigenvalue weighted by Crippen LogP contribution is -2.27. The Morgan fingerprint density at radius 1 is 0.400 bits per heavy atom. The third-order valence-electron chi connectivity index (χ3n) is 15.1. The molecule has 0 bridgehead atoms. The number of ether oxygens (including phenoxy) is 4. The molecular formula is C65H114N2O8. The van der Waals surface area contributed by atoms with Gasteiger partial charge in [-0.3, -0.25) is 9.59 Å². The topological polar surface area (TPSA) is 118 Å². The van der Waals surface area contributed by atoms with Crippen LogP contribution in [0, 0.1) is 0 Å². The molecule has 10 heteroatoms. The maximum absolute atomic E-state index is 12.4. The molecule has 432 valence electrons. The molecule has 0 saturated heterocycles. The zero-order valence-electron chi connectivity index (χ0n) is 49.2. The molecule has 0 aliphatic carbocycles. The zero-order chi connectivity index (χ0) is 54.5. The van der Waals surface area contributed by atoms with Crippen LogP contribution in [-0.4, -0.2) is 111 Å². The first kappa shape index (κ1) is 67.9. The Balaban J connectivity index is 1.49. The van der Waals surface area contributed by atoms with Crippen molar-refractivity contribution in [3.8, 4) is 11.5 Å². The van der Waals surface area contributed by atoms with E-state index in [2.05, 4.69) is 51.6 Å². The lowest BCUT2D eigenvalue weighted by atomic mass is 9.78. The molecule has 2 rings (SSSR count). The predicted octanol–water partition coefficient (Wildman–Crippen LogP) is 15.7. The summed E-state index contributed by atoms with van der Waals surface area (Å²) in [6.07, 6.45) is 42.3. The number of carbonyl (C=O) groups excluding carboxylic acids is 2. The summed E-state index contributed by atoms with van der Waals surface area (Å²) in [4.78, 5) is 29.2. The average Bonchev–Trinajstić information content (AvgIpc) is 3.41. The number of rotatable bonds is 52. The van der Waals surface area contributed by atoms with Crippen molar-refractivity contribution in [1.29, 1.82) is 0 Å². The summed E-state index contributed by atoms with van der Waals surface area (Å²) in [6.45, 7) is 11.9. The van der Waals surface area contributed by atoms with Crippen LogP contribution in [0.2, 0.25) is 0 Å². The van der Waals surface area contributed by atoms with Crippen molar-refractivity contribution >= 4 is 11.9 Å². The molecule has 2 atom stereocenters. The summed E-state index contributed by atoms with van der Waals surface area (Å²) in [5.74, 6) is 0.631. The number of hydrogen-bond acceptors (Lipinski definition) is 10. The van der Waals surface area contributed by atoms with E-state index in [1.165, 1.54) is 193 Å². The normalized spacial score (nSPS) is 12.6. The Bertz CT molecular complexity index is 1500. The van der Waals surface area contributed by atoms with Gasteiger partial charge in [0.15, 0.2) is 0 Å². The van der Waals surface area contributed by atoms with Crippen molar-refractivity contribution in [2.75, 3.05) is 66.7 Å². The molecular weight excluding hydrogens is 937 g/mol. The van der Waals surface area contributed by atoms with Gasteiger partial charge in [-0.05, 0) is 75.4 Å². The Kier molecular flexibility index (Phi) is 41.5. The molecule has 2 unspecified atom stereocenters. The highest BCUT2D eigenvalue weighted by molar-refractivity contribution is 5.69. The van der Waals surface area contributed by atoms with E-state index in [-0.39, 0.29) is 43.8 Å². The molecule has 75 heavy (non-hydrogen) atoms. The first-order valence-corrected chi connectivity index (χ1v) is 31.0. The van der Waals surface area contributed by atoms with Crippen LogP contribution in [0.4, 0.5) is 0 Å². The summed E-state index contributed by atoms with van der Waals surface area (Å²) >= 11 is 0. The quantitative estimate of drug-likeness (QED) is 0.0490. The van der Waals surface area contributed by atoms with E-state index in [0.717, 1.165) is 37.1 Å². The van der Waals surface area contributed by atoms with Gasteiger partial charge in [-0.25, -0.2) is 0 Å². The van der Waals surface area contributed by atoms with Gasteiger partial charge in [0.2, 0.25) is 0 Å². The van der Waals surface area contributed by atoms with Gasteiger partial charge in [0, 0.05) is 18.5 Å². The lowest BCUT2D eigenvalue weighted by molar-refractivity contribution is -0.148. The van der Waals surface area contributed by atoms with Crippen molar-refractivity contribution in [2.24, 2.45) is 0 Å². The summed E-state index contributed by atoms with van der Waals surface area (Å²) in [5.41, 5.74) is 1.85. The van der Waals surface area contributed by atoms with Crippen LogP contribution in [0.1, 0.15) is 257 Å². The van der Waals surface area contributed by atoms with Crippen LogP contribution >= 0.6 is 0 Å². The number of esters is 2. The number of aliphatic hydroxyl groups is 2. The zero-order valence-corrected chi connectivity index (χ0v) is 49.2. The molecule has 2 aromatic rings. The first-order chi connectivity index (χ1) is 36.4. The van der Waals surface area contributed by atoms with E-state index >= 15 is 0 Å². The highest BCUT2D eigenvalue weighted by Crippen LogP contribution is 2.33. The Labute approximate surface area is 460 Å². The minimum absolute atomic E-state index is 0.0189. The van der Waals surface area contributed by atoms with E-state index in [9.17, 15) is 19.8 Å². The summed E-state index contributed by atoms with van der Waals surface area (Å²) in [7, 11) is 4.11. The van der Waals surface area contributed by atoms with Crippen molar-refractivity contribution in [3.63, 3.8) is 0 Å². The first-order valence-electron chi connectivity index (χ1n) is 31.0. The van der Waals surface area contributed by atoms with E-state index in [1.807, 2.05) is 48.5 Å². The van der Waals surface area contributed by atoms with Crippen LogP contribution in [-0.2, 0) is 24.5 Å². The molecule has 0 amide bonds. The van der Waals surface area contributed by atoms with E-state index < -0.39 is 12.2 Å². The summed E-state index contributed by atoms with van der Waals surface area (Å²) in [6, 6.07) is 15.6. The fraction of sp³-hybridized carbons (Fsp3) is 0.785. The maximum Gasteiger partial charge on any atom is 0.307 e. The second-order valence-electron chi connectivity index (χ2n) is 22.7. The van der Waals surface area contributed by atoms with Crippen molar-refractivity contribution < 1.29 is 38.7 Å². The fourth-order valence-corrected chi connectivity index (χ4v) is 9.75. The molecule has 2 aromatic carbocycles. The van der Waals surface area contributed by atoms with Crippen molar-refractivity contribution in [3.05, 3.63) is 59.7 Å². The van der Waals surface area contributed by atoms with Gasteiger partial charge >= 0.3 is 11.9 Å². The standard InChI is InChI=1S/C65H114N2O8/c1-7-9-11-13-15-17-19-21-23-25-27-29-31-33-35-37-49-66(5)51-47-63(70)74-55-59(68)53-72-61-43-39-57(40-44-61)65(3,4)58-41-45-62(46-42-58)73-54-60(69)56-75-64(71)48-52-67(6)50-38-36-34-32-30-28-26-24-22-20-18-16-14-12-10-8-2/h39-46,59-60,68-69H,7-38,47-56H2,1-6H3. The highest BCUT2D eigenvalue weighted by Gasteiger charge is 2.23. The molecule has 0 heterocycles. The molecule has 0 fully saturated rings. The Hall–Kier alpha value is -3.18. The molecule has 0 aromatic heterocycles. The average molecular weight is 1050 g/mol. The fourth-order valence-electron chi connectivity index (χ4n) is 9.75. The van der Waals surface area contributed by atoms with Gasteiger partial charge in [0.05, 0.1) is 12.8 Å². The van der Waals surface area contributed by atoms with Gasteiger partial charge < -0.3 is 39.0 Å². The third kappa shape index (κ3) is 37.3. The summed E-state index contributed by atoms with van der Waals surface area (Å²) in [5, 5.41) is 21.0. The predicted molar refractivity (Wildman–Crippen MR) is 313 cm³/mol. The Morgan fingerprint density at radius 3 is 0.920 bits per heavy atom. The second-order valence-corrected chi connectivity index (χ2v) is 22.7. The largest absolute Gasteiger partial charge is 0.491 e. The molecule has 0 aliphatic rings. The maximum atomic E-state index is 12.4. The molecule has 0 radical (unpaired) electrons. The number of carbonyl (C=O) groups is 2. The number of aliphatic hydroxyl groups excluding tert-OH is 2. The van der Waals surface area contributed by atoms with Gasteiger partial charge in [0.1, 0.15) is 50.1 Å². The molecule has 0 saturated carbocycles. The van der Waals surface area contributed by atoms with Crippen molar-refractivity contribution in [1.82, 2.24) is 9.80 Å². The van der Waals surface area contributed by atoms with Crippen LogP contribution in [0.15, 0.2) is 48.5 Å². The number of benzene rings is 2. The Morgan fingerprint density at radius 2 is 0.653 bits per heavy atom. The van der Waals surface area contributed by atoms with Crippen LogP contribution in [0.3, 0.4) is 0 Å². The van der Waals surface area contributed by atoms with Crippen molar-refractivity contribution in [2.45, 2.75) is 264 Å². The summed E-state index contributed by atoms with van der Waals surface area (Å²) < 4.78 is 22.4. The van der Waals surface area contributed by atoms with Gasteiger partial charge in [-0.1, -0.05) is 245 Å². The second kappa shape index (κ2) is 45.8. The van der Waals surface area contributed by atoms with Crippen LogP contribution in [0.5, 0.6) is 11.5 Å². The lowest BCUT2D eigenvalue weighted by Gasteiger charge is -2.26. The molecule has 0 spiro atoms. The van der Waals surface area contributed by atoms with Crippen LogP contribution < -0.4 is 9.47 Å². The molecule has 10 nitrogen and oxygen atoms in total. The highest BCUT2D eigenvalue weighted by atomic mass is 16.6. The van der Waals surface area contributed by atoms with E-state index in [0.29, 0.717) is 37.4 Å². The van der Waals surface area contributed by atoms with Gasteiger partial charge in [0.25, 0.3) is 0 Å². The van der Waals surface area contributed by atoms with Gasteiger partial charge in [-0.2, -0.15) is 0 Å². The van der Waals surface area contributed by atoms with Crippen LogP contribution in [0.25, 0.3) is 0 Å². The van der Waals surface area contributed by atoms with Gasteiger partial charge in [-0.15, -0.1) is 0 Å². The number of nitrogens with zero attached hydrogens (tertiary/aromatic N) is 2. The monoisotopic (exact) mass is 1050 g/mol. The SMILES string of the molecule is CCCCCCCCCCCCCCCCCCN(C)CCC(=O)OCC(O)COc1ccc(C(C)(C)c2ccc(OCC(O)COC(=O)CCN(C)CCCCCCCCCCCCCCCCCC)cc2)cc1. The smallest absolute Gasteiger partial charge is 0.307 e.